The number of hydrogen-bond acceptors (Lipinski definition) is 4. The monoisotopic (exact) mass is 289 g/mol. The summed E-state index contributed by atoms with van der Waals surface area (Å²) < 4.78 is 27.5. The van der Waals surface area contributed by atoms with Crippen LogP contribution in [-0.2, 0) is 16.6 Å². The van der Waals surface area contributed by atoms with Crippen LogP contribution in [0.1, 0.15) is 42.5 Å². The van der Waals surface area contributed by atoms with Gasteiger partial charge in [0.15, 0.2) is 0 Å². The topological polar surface area (TPSA) is 66.4 Å². The summed E-state index contributed by atoms with van der Waals surface area (Å²) in [6, 6.07) is 1.71. The normalized spacial score (nSPS) is 18.1. The van der Waals surface area contributed by atoms with Gasteiger partial charge in [0.05, 0.1) is 6.61 Å². The summed E-state index contributed by atoms with van der Waals surface area (Å²) >= 11 is 1.15. The molecule has 1 aromatic heterocycles. The van der Waals surface area contributed by atoms with Crippen molar-refractivity contribution in [3.8, 4) is 0 Å². The molecular formula is C12H19NO3S2. The predicted octanol–water partition coefficient (Wildman–Crippen LogP) is 2.16. The van der Waals surface area contributed by atoms with Gasteiger partial charge < -0.3 is 5.11 Å². The summed E-state index contributed by atoms with van der Waals surface area (Å²) in [5.41, 5.74) is 0.839. The van der Waals surface area contributed by atoms with Crippen LogP contribution in [0, 0.1) is 6.92 Å². The first-order chi connectivity index (χ1) is 8.53. The molecule has 0 amide bonds. The first-order valence-electron chi connectivity index (χ1n) is 6.25. The summed E-state index contributed by atoms with van der Waals surface area (Å²) in [4.78, 5) is 0.721. The third-order valence-corrected chi connectivity index (χ3v) is 6.55. The maximum atomic E-state index is 12.2. The number of aliphatic hydroxyl groups is 1. The van der Waals surface area contributed by atoms with Crippen LogP contribution < -0.4 is 4.72 Å². The third-order valence-electron chi connectivity index (χ3n) is 3.33. The summed E-state index contributed by atoms with van der Waals surface area (Å²) in [6.07, 6.45) is 5.25. The van der Waals surface area contributed by atoms with Gasteiger partial charge in [-0.1, -0.05) is 19.3 Å². The molecule has 1 aliphatic carbocycles. The smallest absolute Gasteiger partial charge is 0.250 e. The Balaban J connectivity index is 2.13. The van der Waals surface area contributed by atoms with Gasteiger partial charge in [0.1, 0.15) is 4.21 Å². The Morgan fingerprint density at radius 3 is 2.61 bits per heavy atom. The first-order valence-corrected chi connectivity index (χ1v) is 8.55. The fraction of sp³-hybridized carbons (Fsp3) is 0.667. The average molecular weight is 289 g/mol. The molecule has 0 aliphatic heterocycles. The third kappa shape index (κ3) is 3.12. The van der Waals surface area contributed by atoms with Gasteiger partial charge in [0.25, 0.3) is 0 Å². The lowest BCUT2D eigenvalue weighted by atomic mass is 9.96. The fourth-order valence-electron chi connectivity index (χ4n) is 2.28. The van der Waals surface area contributed by atoms with Gasteiger partial charge in [-0.3, -0.25) is 0 Å². The maximum absolute atomic E-state index is 12.2. The van der Waals surface area contributed by atoms with E-state index in [0.717, 1.165) is 47.5 Å². The van der Waals surface area contributed by atoms with Crippen molar-refractivity contribution in [1.29, 1.82) is 0 Å². The van der Waals surface area contributed by atoms with Crippen molar-refractivity contribution in [2.45, 2.75) is 55.9 Å². The van der Waals surface area contributed by atoms with Crippen LogP contribution in [0.3, 0.4) is 0 Å². The lowest BCUT2D eigenvalue weighted by Gasteiger charge is -2.22. The van der Waals surface area contributed by atoms with Crippen molar-refractivity contribution in [3.05, 3.63) is 16.5 Å². The molecule has 1 fully saturated rings. The van der Waals surface area contributed by atoms with E-state index in [-0.39, 0.29) is 12.6 Å². The zero-order valence-corrected chi connectivity index (χ0v) is 12.1. The molecule has 0 bridgehead atoms. The Kier molecular flexibility index (Phi) is 4.42. The molecule has 4 nitrogen and oxygen atoms in total. The highest BCUT2D eigenvalue weighted by atomic mass is 32.2. The fourth-order valence-corrected chi connectivity index (χ4v) is 5.05. The standard InChI is InChI=1S/C12H19NO3S2/c1-9-7-12(17-11(9)8-14)18(15,16)13-10-5-3-2-4-6-10/h7,10,13-14H,2-6,8H2,1H3. The molecule has 1 saturated carbocycles. The van der Waals surface area contributed by atoms with E-state index in [2.05, 4.69) is 4.72 Å². The van der Waals surface area contributed by atoms with Crippen LogP contribution >= 0.6 is 11.3 Å². The Morgan fingerprint density at radius 2 is 2.06 bits per heavy atom. The van der Waals surface area contributed by atoms with Crippen LogP contribution in [0.5, 0.6) is 0 Å². The van der Waals surface area contributed by atoms with Gasteiger partial charge in [0, 0.05) is 10.9 Å². The Labute approximate surface area is 112 Å². The lowest BCUT2D eigenvalue weighted by molar-refractivity contribution is 0.285. The number of sulfonamides is 1. The number of aliphatic hydroxyl groups excluding tert-OH is 1. The van der Waals surface area contributed by atoms with Crippen LogP contribution in [0.25, 0.3) is 0 Å². The van der Waals surface area contributed by atoms with Crippen LogP contribution in [-0.4, -0.2) is 19.6 Å². The number of thiophene rings is 1. The molecule has 18 heavy (non-hydrogen) atoms. The Hall–Kier alpha value is -0.430. The van der Waals surface area contributed by atoms with Gasteiger partial charge in [0.2, 0.25) is 10.0 Å². The highest BCUT2D eigenvalue weighted by Gasteiger charge is 2.23. The minimum atomic E-state index is -3.41. The number of nitrogens with one attached hydrogen (secondary N) is 1. The quantitative estimate of drug-likeness (QED) is 0.892. The van der Waals surface area contributed by atoms with E-state index in [1.165, 1.54) is 6.42 Å². The lowest BCUT2D eigenvalue weighted by Crippen LogP contribution is -2.35. The van der Waals surface area contributed by atoms with Gasteiger partial charge in [-0.05, 0) is 31.4 Å². The molecule has 6 heteroatoms. The molecule has 1 heterocycles. The highest BCUT2D eigenvalue weighted by molar-refractivity contribution is 7.91. The zero-order chi connectivity index (χ0) is 13.2. The molecule has 0 radical (unpaired) electrons. The molecule has 1 aliphatic rings. The second-order valence-corrected chi connectivity index (χ2v) is 7.86. The molecule has 0 spiro atoms. The van der Waals surface area contributed by atoms with Crippen LogP contribution in [0.4, 0.5) is 0 Å². The second-order valence-electron chi connectivity index (χ2n) is 4.79. The molecule has 2 rings (SSSR count). The SMILES string of the molecule is Cc1cc(S(=O)(=O)NC2CCCCC2)sc1CO. The molecule has 1 aromatic rings. The van der Waals surface area contributed by atoms with Crippen molar-refractivity contribution in [3.63, 3.8) is 0 Å². The number of rotatable bonds is 4. The summed E-state index contributed by atoms with van der Waals surface area (Å²) in [7, 11) is -3.41. The summed E-state index contributed by atoms with van der Waals surface area (Å²) in [6.45, 7) is 1.72. The molecular weight excluding hydrogens is 270 g/mol. The van der Waals surface area contributed by atoms with Crippen molar-refractivity contribution < 1.29 is 13.5 Å². The van der Waals surface area contributed by atoms with Gasteiger partial charge in [-0.15, -0.1) is 11.3 Å². The van der Waals surface area contributed by atoms with E-state index < -0.39 is 10.0 Å². The Bertz CT molecular complexity index is 501. The van der Waals surface area contributed by atoms with Gasteiger partial charge in [-0.25, -0.2) is 13.1 Å². The summed E-state index contributed by atoms with van der Waals surface area (Å²) in [5, 5.41) is 9.11. The van der Waals surface area contributed by atoms with Crippen molar-refractivity contribution in [2.75, 3.05) is 0 Å². The van der Waals surface area contributed by atoms with Crippen molar-refractivity contribution in [2.24, 2.45) is 0 Å². The van der Waals surface area contributed by atoms with Crippen molar-refractivity contribution in [1.82, 2.24) is 4.72 Å². The maximum Gasteiger partial charge on any atom is 0.250 e. The molecule has 102 valence electrons. The molecule has 0 atom stereocenters. The van der Waals surface area contributed by atoms with E-state index in [4.69, 9.17) is 5.11 Å². The second kappa shape index (κ2) is 5.69. The summed E-state index contributed by atoms with van der Waals surface area (Å²) in [5.74, 6) is 0. The highest BCUT2D eigenvalue weighted by Crippen LogP contribution is 2.27. The van der Waals surface area contributed by atoms with E-state index in [9.17, 15) is 8.42 Å². The van der Waals surface area contributed by atoms with Gasteiger partial charge >= 0.3 is 0 Å². The predicted molar refractivity (Wildman–Crippen MR) is 72.2 cm³/mol. The van der Waals surface area contributed by atoms with Crippen LogP contribution in [0.15, 0.2) is 10.3 Å². The van der Waals surface area contributed by atoms with E-state index >= 15 is 0 Å². The Morgan fingerprint density at radius 1 is 1.39 bits per heavy atom. The molecule has 2 N–H and O–H groups in total. The zero-order valence-electron chi connectivity index (χ0n) is 10.5. The van der Waals surface area contributed by atoms with E-state index in [1.807, 2.05) is 6.92 Å². The molecule has 0 aromatic carbocycles. The number of hydrogen-bond donors (Lipinski definition) is 2. The first kappa shape index (κ1) is 14.0. The minimum absolute atomic E-state index is 0.0729. The van der Waals surface area contributed by atoms with E-state index in [0.29, 0.717) is 4.21 Å². The molecule has 0 saturated heterocycles. The van der Waals surface area contributed by atoms with Crippen molar-refractivity contribution >= 4 is 21.4 Å². The minimum Gasteiger partial charge on any atom is -0.391 e. The average Bonchev–Trinajstić information content (AvgIpc) is 2.72. The number of aryl methyl sites for hydroxylation is 1. The van der Waals surface area contributed by atoms with E-state index in [1.54, 1.807) is 6.07 Å². The molecule has 0 unspecified atom stereocenters. The van der Waals surface area contributed by atoms with Gasteiger partial charge in [-0.2, -0.15) is 0 Å². The van der Waals surface area contributed by atoms with Crippen LogP contribution in [0.2, 0.25) is 0 Å². The largest absolute Gasteiger partial charge is 0.391 e.